The molecule has 3 aromatic heterocycles. The Kier molecular flexibility index (Phi) is 6.66. The van der Waals surface area contributed by atoms with Crippen LogP contribution in [-0.2, 0) is 4.74 Å². The summed E-state index contributed by atoms with van der Waals surface area (Å²) in [5.41, 5.74) is 0.908. The number of nitrogens with one attached hydrogen (secondary N) is 1. The number of ether oxygens (including phenoxy) is 3. The standard InChI is InChI=1S/C24H30N6O3/c1-2-32-22-9-11-26-24(29-22)27-17-5-7-18(8-6-17)33-23-19-4-3-10-25-20(19)16-21(28-23)30-12-14-31-15-13-30/h3-4,9-11,16-18H,2,5-8,12-15H2,1H3,(H,26,27,29). The molecule has 1 aliphatic carbocycles. The van der Waals surface area contributed by atoms with Gasteiger partial charge in [-0.2, -0.15) is 9.97 Å². The largest absolute Gasteiger partial charge is 0.478 e. The molecule has 0 amide bonds. The first kappa shape index (κ1) is 21.6. The fourth-order valence-electron chi connectivity index (χ4n) is 4.38. The Morgan fingerprint density at radius 3 is 2.73 bits per heavy atom. The van der Waals surface area contributed by atoms with Crippen LogP contribution < -0.4 is 19.7 Å². The zero-order valence-electron chi connectivity index (χ0n) is 18.9. The van der Waals surface area contributed by atoms with Gasteiger partial charge in [0.05, 0.1) is 30.7 Å². The summed E-state index contributed by atoms with van der Waals surface area (Å²) >= 11 is 0. The topological polar surface area (TPSA) is 94.5 Å². The summed E-state index contributed by atoms with van der Waals surface area (Å²) in [7, 11) is 0. The molecule has 0 radical (unpaired) electrons. The lowest BCUT2D eigenvalue weighted by Gasteiger charge is -2.31. The van der Waals surface area contributed by atoms with E-state index in [0.717, 1.165) is 55.5 Å². The maximum atomic E-state index is 6.46. The zero-order chi connectivity index (χ0) is 22.5. The number of hydrogen-bond acceptors (Lipinski definition) is 9. The van der Waals surface area contributed by atoms with E-state index < -0.39 is 0 Å². The van der Waals surface area contributed by atoms with Crippen LogP contribution in [0.15, 0.2) is 36.7 Å². The smallest absolute Gasteiger partial charge is 0.226 e. The molecular formula is C24H30N6O3. The van der Waals surface area contributed by atoms with Gasteiger partial charge in [0.25, 0.3) is 0 Å². The summed E-state index contributed by atoms with van der Waals surface area (Å²) in [4.78, 5) is 20.4. The van der Waals surface area contributed by atoms with Crippen LogP contribution in [0.1, 0.15) is 32.6 Å². The molecule has 1 saturated carbocycles. The number of anilines is 2. The van der Waals surface area contributed by atoms with Gasteiger partial charge in [0.1, 0.15) is 11.9 Å². The van der Waals surface area contributed by atoms with E-state index in [-0.39, 0.29) is 6.10 Å². The van der Waals surface area contributed by atoms with Gasteiger partial charge in [-0.25, -0.2) is 4.98 Å². The molecule has 1 saturated heterocycles. The lowest BCUT2D eigenvalue weighted by Crippen LogP contribution is -2.37. The Morgan fingerprint density at radius 2 is 1.91 bits per heavy atom. The molecule has 0 bridgehead atoms. The molecule has 174 valence electrons. The summed E-state index contributed by atoms with van der Waals surface area (Å²) < 4.78 is 17.4. The molecule has 0 spiro atoms. The Labute approximate surface area is 193 Å². The monoisotopic (exact) mass is 450 g/mol. The maximum absolute atomic E-state index is 6.46. The first-order valence-electron chi connectivity index (χ1n) is 11.8. The fraction of sp³-hybridized carbons (Fsp3) is 0.500. The molecule has 4 heterocycles. The number of aromatic nitrogens is 4. The van der Waals surface area contributed by atoms with Gasteiger partial charge in [0.15, 0.2) is 0 Å². The van der Waals surface area contributed by atoms with Crippen molar-refractivity contribution in [3.63, 3.8) is 0 Å². The molecule has 0 unspecified atom stereocenters. The third kappa shape index (κ3) is 5.24. The molecule has 1 aliphatic heterocycles. The van der Waals surface area contributed by atoms with Gasteiger partial charge in [0.2, 0.25) is 17.7 Å². The highest BCUT2D eigenvalue weighted by Crippen LogP contribution is 2.31. The third-order valence-corrected chi connectivity index (χ3v) is 6.09. The average Bonchev–Trinajstić information content (AvgIpc) is 2.86. The number of nitrogens with zero attached hydrogens (tertiary/aromatic N) is 5. The van der Waals surface area contributed by atoms with Gasteiger partial charge in [-0.05, 0) is 44.7 Å². The van der Waals surface area contributed by atoms with Crippen molar-refractivity contribution in [2.24, 2.45) is 0 Å². The normalized spacial score (nSPS) is 21.1. The molecule has 2 fully saturated rings. The van der Waals surface area contributed by atoms with Crippen molar-refractivity contribution in [2.75, 3.05) is 43.1 Å². The molecular weight excluding hydrogens is 420 g/mol. The maximum Gasteiger partial charge on any atom is 0.226 e. The van der Waals surface area contributed by atoms with Gasteiger partial charge in [-0.15, -0.1) is 0 Å². The molecule has 3 aromatic rings. The summed E-state index contributed by atoms with van der Waals surface area (Å²) in [6.45, 7) is 5.62. The highest BCUT2D eigenvalue weighted by atomic mass is 16.5. The van der Waals surface area contributed by atoms with Gasteiger partial charge in [-0.3, -0.25) is 4.98 Å². The van der Waals surface area contributed by atoms with Gasteiger partial charge in [0, 0.05) is 43.7 Å². The van der Waals surface area contributed by atoms with Crippen LogP contribution in [-0.4, -0.2) is 65.0 Å². The molecule has 0 atom stereocenters. The molecule has 2 aliphatic rings. The summed E-state index contributed by atoms with van der Waals surface area (Å²) in [5, 5.41) is 4.40. The SMILES string of the molecule is CCOc1ccnc(NC2CCC(Oc3nc(N4CCOCC4)cc4ncccc34)CC2)n1. The Hall–Kier alpha value is -3.20. The van der Waals surface area contributed by atoms with Crippen LogP contribution >= 0.6 is 0 Å². The highest BCUT2D eigenvalue weighted by molar-refractivity contribution is 5.85. The van der Waals surface area contributed by atoms with Crippen LogP contribution in [0.3, 0.4) is 0 Å². The Balaban J connectivity index is 1.25. The Morgan fingerprint density at radius 1 is 1.06 bits per heavy atom. The first-order valence-corrected chi connectivity index (χ1v) is 11.8. The van der Waals surface area contributed by atoms with E-state index in [0.29, 0.717) is 43.6 Å². The van der Waals surface area contributed by atoms with E-state index in [2.05, 4.69) is 25.2 Å². The van der Waals surface area contributed by atoms with Crippen LogP contribution in [0.5, 0.6) is 11.8 Å². The lowest BCUT2D eigenvalue weighted by molar-refractivity contribution is 0.122. The van der Waals surface area contributed by atoms with Crippen molar-refractivity contribution < 1.29 is 14.2 Å². The van der Waals surface area contributed by atoms with E-state index in [4.69, 9.17) is 19.2 Å². The van der Waals surface area contributed by atoms with Crippen LogP contribution in [0.25, 0.3) is 10.9 Å². The first-order chi connectivity index (χ1) is 16.3. The summed E-state index contributed by atoms with van der Waals surface area (Å²) in [6, 6.07) is 8.10. The summed E-state index contributed by atoms with van der Waals surface area (Å²) in [6.07, 6.45) is 7.49. The van der Waals surface area contributed by atoms with Crippen molar-refractivity contribution in [1.82, 2.24) is 19.9 Å². The van der Waals surface area contributed by atoms with Crippen LogP contribution in [0.4, 0.5) is 11.8 Å². The van der Waals surface area contributed by atoms with Crippen molar-refractivity contribution in [2.45, 2.75) is 44.8 Å². The van der Waals surface area contributed by atoms with Crippen molar-refractivity contribution >= 4 is 22.7 Å². The number of morpholine rings is 1. The fourth-order valence-corrected chi connectivity index (χ4v) is 4.38. The molecule has 5 rings (SSSR count). The summed E-state index contributed by atoms with van der Waals surface area (Å²) in [5.74, 6) is 2.79. The van der Waals surface area contributed by atoms with Crippen molar-refractivity contribution in [3.8, 4) is 11.8 Å². The quantitative estimate of drug-likeness (QED) is 0.581. The van der Waals surface area contributed by atoms with Crippen molar-refractivity contribution in [3.05, 3.63) is 36.7 Å². The average molecular weight is 451 g/mol. The third-order valence-electron chi connectivity index (χ3n) is 6.09. The van der Waals surface area contributed by atoms with E-state index >= 15 is 0 Å². The molecule has 1 N–H and O–H groups in total. The number of fused-ring (bicyclic) bond motifs is 1. The van der Waals surface area contributed by atoms with Gasteiger partial charge < -0.3 is 24.4 Å². The minimum absolute atomic E-state index is 0.120. The second-order valence-corrected chi connectivity index (χ2v) is 8.34. The zero-order valence-corrected chi connectivity index (χ0v) is 18.9. The Bertz CT molecular complexity index is 1070. The van der Waals surface area contributed by atoms with Crippen LogP contribution in [0.2, 0.25) is 0 Å². The van der Waals surface area contributed by atoms with Gasteiger partial charge >= 0.3 is 0 Å². The van der Waals surface area contributed by atoms with Crippen LogP contribution in [0, 0.1) is 0 Å². The van der Waals surface area contributed by atoms with E-state index in [1.807, 2.05) is 31.3 Å². The lowest BCUT2D eigenvalue weighted by atomic mass is 9.93. The minimum atomic E-state index is 0.120. The number of rotatable bonds is 7. The predicted octanol–water partition coefficient (Wildman–Crippen LogP) is 3.46. The predicted molar refractivity (Wildman–Crippen MR) is 126 cm³/mol. The number of hydrogen-bond donors (Lipinski definition) is 1. The molecule has 9 nitrogen and oxygen atoms in total. The molecule has 0 aromatic carbocycles. The molecule has 9 heteroatoms. The van der Waals surface area contributed by atoms with Crippen molar-refractivity contribution in [1.29, 1.82) is 0 Å². The molecule has 33 heavy (non-hydrogen) atoms. The van der Waals surface area contributed by atoms with E-state index in [1.54, 1.807) is 12.3 Å². The second kappa shape index (κ2) is 10.2. The van der Waals surface area contributed by atoms with E-state index in [1.165, 1.54) is 0 Å². The minimum Gasteiger partial charge on any atom is -0.478 e. The van der Waals surface area contributed by atoms with Gasteiger partial charge in [-0.1, -0.05) is 0 Å². The van der Waals surface area contributed by atoms with E-state index in [9.17, 15) is 0 Å². The second-order valence-electron chi connectivity index (χ2n) is 8.34. The number of pyridine rings is 2. The highest BCUT2D eigenvalue weighted by Gasteiger charge is 2.25.